The molecule has 0 atom stereocenters. The van der Waals surface area contributed by atoms with Crippen molar-refractivity contribution in [3.8, 4) is 0 Å². The fourth-order valence-corrected chi connectivity index (χ4v) is 1.99. The second kappa shape index (κ2) is 4.14. The zero-order chi connectivity index (χ0) is 11.6. The number of urea groups is 1. The quantitative estimate of drug-likeness (QED) is 0.756. The number of carbonyl (C=O) groups excluding carboxylic acids is 3. The van der Waals surface area contributed by atoms with E-state index in [2.05, 4.69) is 33.1 Å². The van der Waals surface area contributed by atoms with E-state index in [1.807, 2.05) is 0 Å². The van der Waals surface area contributed by atoms with E-state index in [0.717, 1.165) is 0 Å². The lowest BCUT2D eigenvalue weighted by atomic mass is 9.79. The zero-order valence-electron chi connectivity index (χ0n) is 8.22. The molecule has 0 radical (unpaired) electrons. The largest absolute Gasteiger partial charge is 0.328 e. The number of allylic oxidation sites excluding steroid dienone is 1. The minimum absolute atomic E-state index is 0.175. The van der Waals surface area contributed by atoms with Crippen molar-refractivity contribution >= 4 is 33.8 Å². The molecule has 5 nitrogen and oxygen atoms in total. The van der Waals surface area contributed by atoms with Gasteiger partial charge >= 0.3 is 6.03 Å². The molecule has 0 aromatic heterocycles. The van der Waals surface area contributed by atoms with E-state index < -0.39 is 23.3 Å². The van der Waals surface area contributed by atoms with Crippen LogP contribution in [-0.4, -0.2) is 17.8 Å². The molecule has 1 aliphatic rings. The SMILES string of the molecule is C=C(Br)CC1(CC)C(=O)NC(=O)NC1=O. The van der Waals surface area contributed by atoms with Gasteiger partial charge in [-0.2, -0.15) is 0 Å². The van der Waals surface area contributed by atoms with Crippen LogP contribution in [0.1, 0.15) is 19.8 Å². The molecule has 0 aromatic carbocycles. The Morgan fingerprint density at radius 3 is 2.13 bits per heavy atom. The topological polar surface area (TPSA) is 75.3 Å². The number of hydrogen-bond donors (Lipinski definition) is 2. The number of hydrogen-bond acceptors (Lipinski definition) is 3. The Morgan fingerprint density at radius 1 is 1.33 bits per heavy atom. The van der Waals surface area contributed by atoms with Crippen LogP contribution in [0.5, 0.6) is 0 Å². The highest BCUT2D eigenvalue weighted by Gasteiger charge is 2.48. The summed E-state index contributed by atoms with van der Waals surface area (Å²) in [5.74, 6) is -1.14. The van der Waals surface area contributed by atoms with E-state index in [-0.39, 0.29) is 6.42 Å². The summed E-state index contributed by atoms with van der Waals surface area (Å²) in [6.45, 7) is 5.32. The van der Waals surface area contributed by atoms with Crippen LogP contribution >= 0.6 is 15.9 Å². The van der Waals surface area contributed by atoms with Gasteiger partial charge in [0.2, 0.25) is 11.8 Å². The number of amides is 4. The minimum atomic E-state index is -1.23. The summed E-state index contributed by atoms with van der Waals surface area (Å²) in [6, 6.07) is -0.769. The number of barbiturate groups is 1. The van der Waals surface area contributed by atoms with E-state index in [1.54, 1.807) is 6.92 Å². The molecule has 0 aromatic rings. The first-order chi connectivity index (χ1) is 6.92. The molecule has 2 N–H and O–H groups in total. The van der Waals surface area contributed by atoms with Gasteiger partial charge in [-0.15, -0.1) is 0 Å². The summed E-state index contributed by atoms with van der Waals surface area (Å²) in [6.07, 6.45) is 0.483. The molecule has 0 saturated carbocycles. The van der Waals surface area contributed by atoms with E-state index in [1.165, 1.54) is 0 Å². The lowest BCUT2D eigenvalue weighted by molar-refractivity contribution is -0.144. The number of imide groups is 2. The number of carbonyl (C=O) groups is 3. The molecule has 4 amide bonds. The van der Waals surface area contributed by atoms with Crippen molar-refractivity contribution in [2.45, 2.75) is 19.8 Å². The van der Waals surface area contributed by atoms with Gasteiger partial charge in [0.1, 0.15) is 5.41 Å². The molecule has 82 valence electrons. The van der Waals surface area contributed by atoms with E-state index in [0.29, 0.717) is 10.9 Å². The minimum Gasteiger partial charge on any atom is -0.277 e. The van der Waals surface area contributed by atoms with Gasteiger partial charge in [0.05, 0.1) is 0 Å². The van der Waals surface area contributed by atoms with Crippen LogP contribution in [0, 0.1) is 5.41 Å². The molecule has 0 spiro atoms. The molecule has 1 saturated heterocycles. The maximum absolute atomic E-state index is 11.6. The Morgan fingerprint density at radius 2 is 1.80 bits per heavy atom. The number of halogens is 1. The van der Waals surface area contributed by atoms with Gasteiger partial charge in [0.15, 0.2) is 0 Å². The summed E-state index contributed by atoms with van der Waals surface area (Å²) < 4.78 is 0.545. The molecule has 15 heavy (non-hydrogen) atoms. The van der Waals surface area contributed by atoms with Crippen molar-refractivity contribution in [3.05, 3.63) is 11.1 Å². The summed E-state index contributed by atoms with van der Waals surface area (Å²) in [4.78, 5) is 34.2. The van der Waals surface area contributed by atoms with Crippen molar-refractivity contribution in [2.24, 2.45) is 5.41 Å². The first-order valence-electron chi connectivity index (χ1n) is 4.42. The van der Waals surface area contributed by atoms with E-state index in [4.69, 9.17) is 0 Å². The van der Waals surface area contributed by atoms with Crippen LogP contribution in [0.3, 0.4) is 0 Å². The molecular weight excluding hydrogens is 264 g/mol. The van der Waals surface area contributed by atoms with Crippen LogP contribution in [0.25, 0.3) is 0 Å². The Balaban J connectivity index is 3.05. The fraction of sp³-hybridized carbons (Fsp3) is 0.444. The highest BCUT2D eigenvalue weighted by molar-refractivity contribution is 9.11. The Bertz CT molecular complexity index is 331. The maximum atomic E-state index is 11.6. The molecule has 1 heterocycles. The van der Waals surface area contributed by atoms with Crippen LogP contribution < -0.4 is 10.6 Å². The average Bonchev–Trinajstić information content (AvgIpc) is 2.11. The summed E-state index contributed by atoms with van der Waals surface area (Å²) in [5.41, 5.74) is -1.23. The van der Waals surface area contributed by atoms with Crippen molar-refractivity contribution in [1.29, 1.82) is 0 Å². The normalized spacial score (nSPS) is 19.5. The average molecular weight is 275 g/mol. The van der Waals surface area contributed by atoms with Gasteiger partial charge in [-0.25, -0.2) is 4.79 Å². The van der Waals surface area contributed by atoms with Crippen LogP contribution in [-0.2, 0) is 9.59 Å². The zero-order valence-corrected chi connectivity index (χ0v) is 9.81. The van der Waals surface area contributed by atoms with Gasteiger partial charge in [-0.1, -0.05) is 29.4 Å². The molecule has 0 bridgehead atoms. The Kier molecular flexibility index (Phi) is 3.28. The van der Waals surface area contributed by atoms with Gasteiger partial charge in [-0.05, 0) is 10.9 Å². The fourth-order valence-electron chi connectivity index (χ4n) is 1.51. The first-order valence-corrected chi connectivity index (χ1v) is 5.22. The summed E-state index contributed by atoms with van der Waals surface area (Å²) in [7, 11) is 0. The predicted molar refractivity (Wildman–Crippen MR) is 57.1 cm³/mol. The lowest BCUT2D eigenvalue weighted by Crippen LogP contribution is -2.62. The molecular formula is C9H11BrN2O3. The van der Waals surface area contributed by atoms with Crippen molar-refractivity contribution < 1.29 is 14.4 Å². The third-order valence-corrected chi connectivity index (χ3v) is 2.70. The molecule has 0 aliphatic carbocycles. The van der Waals surface area contributed by atoms with Crippen LogP contribution in [0.2, 0.25) is 0 Å². The third-order valence-electron chi connectivity index (χ3n) is 2.42. The van der Waals surface area contributed by atoms with Gasteiger partial charge in [-0.3, -0.25) is 20.2 Å². The lowest BCUT2D eigenvalue weighted by Gasteiger charge is -2.32. The highest BCUT2D eigenvalue weighted by atomic mass is 79.9. The number of nitrogens with one attached hydrogen (secondary N) is 2. The summed E-state index contributed by atoms with van der Waals surface area (Å²) >= 11 is 3.12. The Labute approximate surface area is 95.4 Å². The first kappa shape index (κ1) is 11.9. The van der Waals surface area contributed by atoms with Crippen LogP contribution in [0.4, 0.5) is 4.79 Å². The number of rotatable bonds is 3. The van der Waals surface area contributed by atoms with Crippen molar-refractivity contribution in [3.63, 3.8) is 0 Å². The molecule has 1 fully saturated rings. The van der Waals surface area contributed by atoms with Crippen molar-refractivity contribution in [2.75, 3.05) is 0 Å². The molecule has 1 rings (SSSR count). The summed E-state index contributed by atoms with van der Waals surface area (Å²) in [5, 5.41) is 4.17. The smallest absolute Gasteiger partial charge is 0.277 e. The predicted octanol–water partition coefficient (Wildman–Crippen LogP) is 1.05. The van der Waals surface area contributed by atoms with Gasteiger partial charge in [0, 0.05) is 6.42 Å². The Hall–Kier alpha value is -1.17. The standard InChI is InChI=1S/C9H11BrN2O3/c1-3-9(4-5(2)10)6(13)11-8(15)12-7(9)14/h2-4H2,1H3,(H2,11,12,13,14,15). The second-order valence-corrected chi connectivity index (χ2v) is 4.49. The van der Waals surface area contributed by atoms with Gasteiger partial charge in [0.25, 0.3) is 0 Å². The van der Waals surface area contributed by atoms with Crippen molar-refractivity contribution in [1.82, 2.24) is 10.6 Å². The van der Waals surface area contributed by atoms with Gasteiger partial charge < -0.3 is 0 Å². The van der Waals surface area contributed by atoms with E-state index in [9.17, 15) is 14.4 Å². The molecule has 6 heteroatoms. The monoisotopic (exact) mass is 274 g/mol. The maximum Gasteiger partial charge on any atom is 0.328 e. The molecule has 0 unspecified atom stereocenters. The second-order valence-electron chi connectivity index (χ2n) is 3.37. The molecule has 1 aliphatic heterocycles. The van der Waals surface area contributed by atoms with E-state index >= 15 is 0 Å². The highest BCUT2D eigenvalue weighted by Crippen LogP contribution is 2.33. The van der Waals surface area contributed by atoms with Crippen LogP contribution in [0.15, 0.2) is 11.1 Å². The third kappa shape index (κ3) is 2.09.